The number of benzene rings is 1. The molecule has 1 atom stereocenters. The lowest BCUT2D eigenvalue weighted by molar-refractivity contribution is -0.174. The fourth-order valence-corrected chi connectivity index (χ4v) is 2.86. The van der Waals surface area contributed by atoms with Crippen LogP contribution >= 0.6 is 0 Å². The molecule has 0 radical (unpaired) electrons. The Hall–Kier alpha value is -2.70. The number of carbonyl (C=O) groups is 4. The summed E-state index contributed by atoms with van der Waals surface area (Å²) in [5.41, 5.74) is -0.994. The molecule has 152 valence electrons. The van der Waals surface area contributed by atoms with Crippen molar-refractivity contribution in [3.8, 4) is 0 Å². The summed E-state index contributed by atoms with van der Waals surface area (Å²) in [5.74, 6) is -2.10. The van der Waals surface area contributed by atoms with E-state index in [9.17, 15) is 19.2 Å². The first-order chi connectivity index (χ1) is 13.2. The van der Waals surface area contributed by atoms with Crippen molar-refractivity contribution in [3.05, 3.63) is 35.9 Å². The summed E-state index contributed by atoms with van der Waals surface area (Å²) in [6.45, 7) is 4.08. The molecule has 7 nitrogen and oxygen atoms in total. The Bertz CT molecular complexity index is 738. The number of rotatable bonds is 8. The van der Waals surface area contributed by atoms with Gasteiger partial charge in [-0.1, -0.05) is 37.3 Å². The van der Waals surface area contributed by atoms with Crippen LogP contribution in [0.2, 0.25) is 0 Å². The SMILES string of the molecule is CCC(C)(C)C(=O)OCC(=O)OCC(=O)OC1(c2ccccc2)CCC(=O)C1. The van der Waals surface area contributed by atoms with Crippen LogP contribution in [0, 0.1) is 5.41 Å². The predicted octanol–water partition coefficient (Wildman–Crippen LogP) is 2.70. The van der Waals surface area contributed by atoms with Gasteiger partial charge in [0.05, 0.1) is 11.8 Å². The van der Waals surface area contributed by atoms with Crippen molar-refractivity contribution in [2.45, 2.75) is 52.1 Å². The number of hydrogen-bond donors (Lipinski definition) is 0. The highest BCUT2D eigenvalue weighted by molar-refractivity contribution is 5.84. The van der Waals surface area contributed by atoms with E-state index in [0.717, 1.165) is 5.56 Å². The Balaban J connectivity index is 1.88. The van der Waals surface area contributed by atoms with Crippen LogP contribution in [0.5, 0.6) is 0 Å². The lowest BCUT2D eigenvalue weighted by Gasteiger charge is -2.28. The van der Waals surface area contributed by atoms with Crippen molar-refractivity contribution >= 4 is 23.7 Å². The molecule has 1 aliphatic carbocycles. The Morgan fingerprint density at radius 3 is 2.25 bits per heavy atom. The smallest absolute Gasteiger partial charge is 0.345 e. The Morgan fingerprint density at radius 1 is 1.04 bits per heavy atom. The molecule has 0 N–H and O–H groups in total. The molecular weight excluding hydrogens is 364 g/mol. The number of hydrogen-bond acceptors (Lipinski definition) is 7. The number of Topliss-reactive ketones (excluding diaryl/α,β-unsaturated/α-hetero) is 1. The molecular formula is C21H26O7. The van der Waals surface area contributed by atoms with E-state index in [1.807, 2.05) is 13.0 Å². The largest absolute Gasteiger partial charge is 0.453 e. The number of carbonyl (C=O) groups excluding carboxylic acids is 4. The molecule has 2 rings (SSSR count). The van der Waals surface area contributed by atoms with Gasteiger partial charge in [0.25, 0.3) is 0 Å². The van der Waals surface area contributed by atoms with Crippen LogP contribution in [-0.2, 0) is 39.0 Å². The monoisotopic (exact) mass is 390 g/mol. The standard InChI is InChI=1S/C21H26O7/c1-4-20(2,3)19(25)27-13-17(23)26-14-18(24)28-21(11-10-16(22)12-21)15-8-6-5-7-9-15/h5-9H,4,10-14H2,1-3H3. The Morgan fingerprint density at radius 2 is 1.68 bits per heavy atom. The van der Waals surface area contributed by atoms with Gasteiger partial charge in [0.1, 0.15) is 11.4 Å². The van der Waals surface area contributed by atoms with Gasteiger partial charge >= 0.3 is 17.9 Å². The molecule has 28 heavy (non-hydrogen) atoms. The molecule has 0 aromatic heterocycles. The van der Waals surface area contributed by atoms with Crippen LogP contribution in [0.4, 0.5) is 0 Å². The van der Waals surface area contributed by atoms with Gasteiger partial charge in [0, 0.05) is 6.42 Å². The van der Waals surface area contributed by atoms with E-state index in [0.29, 0.717) is 19.3 Å². The lowest BCUT2D eigenvalue weighted by Crippen LogP contribution is -2.33. The Labute approximate surface area is 164 Å². The van der Waals surface area contributed by atoms with E-state index in [1.54, 1.807) is 38.1 Å². The third-order valence-corrected chi connectivity index (χ3v) is 5.01. The normalized spacial score (nSPS) is 19.2. The van der Waals surface area contributed by atoms with Crippen LogP contribution in [0.1, 0.15) is 52.0 Å². The molecule has 0 bridgehead atoms. The van der Waals surface area contributed by atoms with Crippen molar-refractivity contribution in [2.75, 3.05) is 13.2 Å². The van der Waals surface area contributed by atoms with Crippen molar-refractivity contribution < 1.29 is 33.4 Å². The fraction of sp³-hybridized carbons (Fsp3) is 0.524. The van der Waals surface area contributed by atoms with Gasteiger partial charge in [0.2, 0.25) is 0 Å². The zero-order chi connectivity index (χ0) is 20.8. The fourth-order valence-electron chi connectivity index (χ4n) is 2.86. The third kappa shape index (κ3) is 5.41. The van der Waals surface area contributed by atoms with E-state index < -0.39 is 42.1 Å². The summed E-state index contributed by atoms with van der Waals surface area (Å²) < 4.78 is 15.3. The van der Waals surface area contributed by atoms with Crippen molar-refractivity contribution in [3.63, 3.8) is 0 Å². The molecule has 1 aromatic carbocycles. The summed E-state index contributed by atoms with van der Waals surface area (Å²) in [4.78, 5) is 47.6. The van der Waals surface area contributed by atoms with Crippen molar-refractivity contribution in [1.82, 2.24) is 0 Å². The predicted molar refractivity (Wildman–Crippen MR) is 99.1 cm³/mol. The first-order valence-corrected chi connectivity index (χ1v) is 9.30. The van der Waals surface area contributed by atoms with Crippen LogP contribution in [0.3, 0.4) is 0 Å². The maximum absolute atomic E-state index is 12.2. The second kappa shape index (κ2) is 8.99. The molecule has 0 aliphatic heterocycles. The van der Waals surface area contributed by atoms with Gasteiger partial charge in [-0.25, -0.2) is 9.59 Å². The summed E-state index contributed by atoms with van der Waals surface area (Å²) in [7, 11) is 0. The molecule has 1 aliphatic rings. The van der Waals surface area contributed by atoms with E-state index in [2.05, 4.69) is 0 Å². The second-order valence-corrected chi connectivity index (χ2v) is 7.52. The zero-order valence-electron chi connectivity index (χ0n) is 16.5. The van der Waals surface area contributed by atoms with Crippen molar-refractivity contribution in [1.29, 1.82) is 0 Å². The van der Waals surface area contributed by atoms with Gasteiger partial charge in [-0.05, 0) is 32.3 Å². The second-order valence-electron chi connectivity index (χ2n) is 7.52. The molecule has 0 heterocycles. The molecule has 0 spiro atoms. The summed E-state index contributed by atoms with van der Waals surface area (Å²) in [6.07, 6.45) is 1.37. The maximum atomic E-state index is 12.2. The number of ketones is 1. The number of ether oxygens (including phenoxy) is 3. The highest BCUT2D eigenvalue weighted by Gasteiger charge is 2.43. The zero-order valence-corrected chi connectivity index (χ0v) is 16.5. The molecule has 7 heteroatoms. The average Bonchev–Trinajstić information content (AvgIpc) is 3.06. The maximum Gasteiger partial charge on any atom is 0.345 e. The highest BCUT2D eigenvalue weighted by atomic mass is 16.6. The molecule has 1 fully saturated rings. The quantitative estimate of drug-likeness (QED) is 0.497. The first-order valence-electron chi connectivity index (χ1n) is 9.30. The van der Waals surface area contributed by atoms with Gasteiger partial charge in [0.15, 0.2) is 13.2 Å². The highest BCUT2D eigenvalue weighted by Crippen LogP contribution is 2.40. The Kier molecular flexibility index (Phi) is 6.94. The van der Waals surface area contributed by atoms with E-state index in [4.69, 9.17) is 14.2 Å². The van der Waals surface area contributed by atoms with Crippen LogP contribution in [0.25, 0.3) is 0 Å². The summed E-state index contributed by atoms with van der Waals surface area (Å²) in [5, 5.41) is 0. The van der Waals surface area contributed by atoms with Gasteiger partial charge in [-0.15, -0.1) is 0 Å². The van der Waals surface area contributed by atoms with E-state index >= 15 is 0 Å². The van der Waals surface area contributed by atoms with E-state index in [-0.39, 0.29) is 12.2 Å². The topological polar surface area (TPSA) is 96.0 Å². The summed E-state index contributed by atoms with van der Waals surface area (Å²) in [6, 6.07) is 9.04. The minimum atomic E-state index is -1.03. The third-order valence-electron chi connectivity index (χ3n) is 5.01. The van der Waals surface area contributed by atoms with Gasteiger partial charge < -0.3 is 14.2 Å². The molecule has 0 amide bonds. The molecule has 0 saturated heterocycles. The lowest BCUT2D eigenvalue weighted by atomic mass is 9.91. The van der Waals surface area contributed by atoms with Crippen molar-refractivity contribution in [2.24, 2.45) is 5.41 Å². The van der Waals surface area contributed by atoms with Crippen LogP contribution < -0.4 is 0 Å². The molecule has 1 unspecified atom stereocenters. The van der Waals surface area contributed by atoms with Gasteiger partial charge in [-0.3, -0.25) is 9.59 Å². The number of esters is 3. The minimum Gasteiger partial charge on any atom is -0.453 e. The molecule has 1 aromatic rings. The van der Waals surface area contributed by atoms with E-state index in [1.165, 1.54) is 0 Å². The molecule has 1 saturated carbocycles. The van der Waals surface area contributed by atoms with Crippen LogP contribution in [-0.4, -0.2) is 36.9 Å². The average molecular weight is 390 g/mol. The van der Waals surface area contributed by atoms with Crippen LogP contribution in [0.15, 0.2) is 30.3 Å². The summed E-state index contributed by atoms with van der Waals surface area (Å²) >= 11 is 0. The first kappa shape index (κ1) is 21.6. The van der Waals surface area contributed by atoms with Gasteiger partial charge in [-0.2, -0.15) is 0 Å². The minimum absolute atomic E-state index is 0.0131.